The van der Waals surface area contributed by atoms with E-state index in [1.165, 1.54) is 6.20 Å². The fourth-order valence-corrected chi connectivity index (χ4v) is 2.40. The minimum atomic E-state index is -0.949. The maximum absolute atomic E-state index is 12.1. The van der Waals surface area contributed by atoms with Gasteiger partial charge in [0.15, 0.2) is 0 Å². The summed E-state index contributed by atoms with van der Waals surface area (Å²) < 4.78 is 0. The van der Waals surface area contributed by atoms with E-state index in [1.54, 1.807) is 12.3 Å². The van der Waals surface area contributed by atoms with Gasteiger partial charge in [0.05, 0.1) is 30.5 Å². The van der Waals surface area contributed by atoms with Gasteiger partial charge in [-0.1, -0.05) is 26.7 Å². The van der Waals surface area contributed by atoms with Crippen molar-refractivity contribution in [3.63, 3.8) is 0 Å². The number of nitrogens with one attached hydrogen (secondary N) is 1. The molecule has 1 rings (SSSR count). The van der Waals surface area contributed by atoms with Gasteiger partial charge < -0.3 is 15.5 Å². The zero-order chi connectivity index (χ0) is 15.0. The minimum absolute atomic E-state index is 0.0639. The largest absolute Gasteiger partial charge is 0.392 e. The van der Waals surface area contributed by atoms with Crippen LogP contribution in [0.3, 0.4) is 0 Å². The molecule has 5 nitrogen and oxygen atoms in total. The van der Waals surface area contributed by atoms with Crippen molar-refractivity contribution in [3.05, 3.63) is 24.0 Å². The molecule has 5 heteroatoms. The summed E-state index contributed by atoms with van der Waals surface area (Å²) in [5.74, 6) is -0.253. The highest BCUT2D eigenvalue weighted by Crippen LogP contribution is 2.24. The first-order valence-corrected chi connectivity index (χ1v) is 7.10. The van der Waals surface area contributed by atoms with E-state index in [0.717, 1.165) is 12.8 Å². The molecule has 0 spiro atoms. The summed E-state index contributed by atoms with van der Waals surface area (Å²) in [6, 6.07) is 1.65. The Morgan fingerprint density at radius 3 is 2.55 bits per heavy atom. The second-order valence-electron chi connectivity index (χ2n) is 5.14. The Hall–Kier alpha value is -1.46. The molecule has 0 fully saturated rings. The lowest BCUT2D eigenvalue weighted by Crippen LogP contribution is -2.34. The van der Waals surface area contributed by atoms with Crippen LogP contribution in [0.25, 0.3) is 0 Å². The topological polar surface area (TPSA) is 82.5 Å². The summed E-state index contributed by atoms with van der Waals surface area (Å²) in [5.41, 5.74) is 0.160. The Balaban J connectivity index is 2.70. The van der Waals surface area contributed by atoms with Crippen molar-refractivity contribution in [2.24, 2.45) is 0 Å². The number of carbonyl (C=O) groups excluding carboxylic acids is 1. The summed E-state index contributed by atoms with van der Waals surface area (Å²) in [6.45, 7) is 3.82. The van der Waals surface area contributed by atoms with Crippen LogP contribution in [-0.2, 0) is 11.4 Å². The quantitative estimate of drug-likeness (QED) is 0.682. The lowest BCUT2D eigenvalue weighted by Gasteiger charge is -2.27. The van der Waals surface area contributed by atoms with Crippen LogP contribution in [0.1, 0.15) is 51.5 Å². The lowest BCUT2D eigenvalue weighted by atomic mass is 9.89. The van der Waals surface area contributed by atoms with E-state index < -0.39 is 5.60 Å². The molecule has 0 atom stereocenters. The number of aliphatic hydroxyl groups excluding tert-OH is 1. The van der Waals surface area contributed by atoms with Crippen molar-refractivity contribution >= 4 is 11.6 Å². The van der Waals surface area contributed by atoms with Crippen molar-refractivity contribution in [1.82, 2.24) is 4.98 Å². The number of aliphatic hydroxyl groups is 2. The van der Waals surface area contributed by atoms with Gasteiger partial charge in [0.2, 0.25) is 5.91 Å². The fraction of sp³-hybridized carbons (Fsp3) is 0.600. The number of rotatable bonds is 8. The standard InChI is InChI=1S/C15H24N2O3/c1-3-6-15(20,7-4-2)9-14(19)17-13-10-16-8-5-12(13)11-18/h5,8,10,18,20H,3-4,6-7,9,11H2,1-2H3,(H,17,19). The molecule has 112 valence electrons. The highest BCUT2D eigenvalue weighted by atomic mass is 16.3. The monoisotopic (exact) mass is 280 g/mol. The maximum Gasteiger partial charge on any atom is 0.227 e. The van der Waals surface area contributed by atoms with Gasteiger partial charge in [0.1, 0.15) is 0 Å². The van der Waals surface area contributed by atoms with E-state index in [0.29, 0.717) is 24.1 Å². The molecule has 1 aromatic heterocycles. The van der Waals surface area contributed by atoms with Gasteiger partial charge in [-0.2, -0.15) is 0 Å². The molecule has 0 aromatic carbocycles. The van der Waals surface area contributed by atoms with Gasteiger partial charge in [-0.05, 0) is 18.9 Å². The molecule has 0 unspecified atom stereocenters. The van der Waals surface area contributed by atoms with Crippen LogP contribution < -0.4 is 5.32 Å². The normalized spacial score (nSPS) is 11.4. The molecule has 1 heterocycles. The summed E-state index contributed by atoms with van der Waals surface area (Å²) in [6.07, 6.45) is 6.00. The van der Waals surface area contributed by atoms with Crippen LogP contribution in [0.5, 0.6) is 0 Å². The lowest BCUT2D eigenvalue weighted by molar-refractivity contribution is -0.121. The number of nitrogens with zero attached hydrogens (tertiary/aromatic N) is 1. The van der Waals surface area contributed by atoms with Gasteiger partial charge in [-0.25, -0.2) is 0 Å². The first-order valence-electron chi connectivity index (χ1n) is 7.10. The van der Waals surface area contributed by atoms with Crippen molar-refractivity contribution in [3.8, 4) is 0 Å². The number of aromatic nitrogens is 1. The van der Waals surface area contributed by atoms with Crippen molar-refractivity contribution < 1.29 is 15.0 Å². The second kappa shape index (κ2) is 7.97. The molecule has 0 saturated heterocycles. The van der Waals surface area contributed by atoms with Crippen LogP contribution in [0.2, 0.25) is 0 Å². The second-order valence-corrected chi connectivity index (χ2v) is 5.14. The highest BCUT2D eigenvalue weighted by molar-refractivity contribution is 5.91. The van der Waals surface area contributed by atoms with Gasteiger partial charge in [0.25, 0.3) is 0 Å². The number of amides is 1. The average Bonchev–Trinajstić information content (AvgIpc) is 2.39. The molecule has 1 amide bonds. The summed E-state index contributed by atoms with van der Waals surface area (Å²) in [5, 5.41) is 22.4. The zero-order valence-electron chi connectivity index (χ0n) is 12.2. The molecule has 20 heavy (non-hydrogen) atoms. The van der Waals surface area contributed by atoms with E-state index in [9.17, 15) is 15.0 Å². The van der Waals surface area contributed by atoms with E-state index in [1.807, 2.05) is 13.8 Å². The molecule has 0 aliphatic rings. The third-order valence-electron chi connectivity index (χ3n) is 3.28. The number of carbonyl (C=O) groups is 1. The van der Waals surface area contributed by atoms with Crippen LogP contribution in [-0.4, -0.2) is 26.7 Å². The highest BCUT2D eigenvalue weighted by Gasteiger charge is 2.28. The molecule has 0 radical (unpaired) electrons. The number of hydrogen-bond acceptors (Lipinski definition) is 4. The van der Waals surface area contributed by atoms with Gasteiger partial charge in [-0.15, -0.1) is 0 Å². The Bertz CT molecular complexity index is 429. The predicted molar refractivity (Wildman–Crippen MR) is 78.2 cm³/mol. The molecule has 0 bridgehead atoms. The molecule has 3 N–H and O–H groups in total. The molecule has 0 saturated carbocycles. The Morgan fingerprint density at radius 2 is 2.00 bits per heavy atom. The Morgan fingerprint density at radius 1 is 1.35 bits per heavy atom. The molecule has 1 aromatic rings. The van der Waals surface area contributed by atoms with Crippen molar-refractivity contribution in [2.45, 2.75) is 58.2 Å². The first-order chi connectivity index (χ1) is 9.54. The third kappa shape index (κ3) is 4.90. The fourth-order valence-electron chi connectivity index (χ4n) is 2.40. The molecular formula is C15H24N2O3. The smallest absolute Gasteiger partial charge is 0.227 e. The summed E-state index contributed by atoms with van der Waals surface area (Å²) >= 11 is 0. The third-order valence-corrected chi connectivity index (χ3v) is 3.28. The first kappa shape index (κ1) is 16.6. The van der Waals surface area contributed by atoms with Crippen LogP contribution in [0, 0.1) is 0 Å². The van der Waals surface area contributed by atoms with Gasteiger partial charge in [-0.3, -0.25) is 9.78 Å². The van der Waals surface area contributed by atoms with Crippen LogP contribution >= 0.6 is 0 Å². The zero-order valence-corrected chi connectivity index (χ0v) is 12.2. The van der Waals surface area contributed by atoms with E-state index >= 15 is 0 Å². The Kier molecular flexibility index (Phi) is 6.61. The number of pyridine rings is 1. The Labute approximate surface area is 120 Å². The summed E-state index contributed by atoms with van der Waals surface area (Å²) in [4.78, 5) is 16.0. The molecule has 0 aliphatic heterocycles. The average molecular weight is 280 g/mol. The van der Waals surface area contributed by atoms with Gasteiger partial charge in [0, 0.05) is 11.8 Å². The minimum Gasteiger partial charge on any atom is -0.392 e. The predicted octanol–water partition coefficient (Wildman–Crippen LogP) is 2.23. The van der Waals surface area contributed by atoms with Crippen LogP contribution in [0.4, 0.5) is 5.69 Å². The SMILES string of the molecule is CCCC(O)(CCC)CC(=O)Nc1cnccc1CO. The van der Waals surface area contributed by atoms with Crippen molar-refractivity contribution in [2.75, 3.05) is 5.32 Å². The van der Waals surface area contributed by atoms with Crippen LogP contribution in [0.15, 0.2) is 18.5 Å². The van der Waals surface area contributed by atoms with E-state index in [4.69, 9.17) is 0 Å². The molecular weight excluding hydrogens is 256 g/mol. The van der Waals surface area contributed by atoms with Gasteiger partial charge >= 0.3 is 0 Å². The van der Waals surface area contributed by atoms with E-state index in [2.05, 4.69) is 10.3 Å². The van der Waals surface area contributed by atoms with E-state index in [-0.39, 0.29) is 18.9 Å². The number of anilines is 1. The van der Waals surface area contributed by atoms with Crippen molar-refractivity contribution in [1.29, 1.82) is 0 Å². The maximum atomic E-state index is 12.1. The number of hydrogen-bond donors (Lipinski definition) is 3. The molecule has 0 aliphatic carbocycles. The summed E-state index contributed by atoms with van der Waals surface area (Å²) in [7, 11) is 0.